The van der Waals surface area contributed by atoms with E-state index in [1.807, 2.05) is 18.2 Å². The zero-order valence-corrected chi connectivity index (χ0v) is 23.2. The number of hydrogen-bond acceptors (Lipinski definition) is 4. The largest absolute Gasteiger partial charge is 0.355 e. The van der Waals surface area contributed by atoms with Gasteiger partial charge >= 0.3 is 0 Å². The van der Waals surface area contributed by atoms with Crippen LogP contribution in [0.3, 0.4) is 0 Å². The summed E-state index contributed by atoms with van der Waals surface area (Å²) in [6, 6.07) is 18.1. The second kappa shape index (κ2) is 13.1. The normalized spacial score (nSPS) is 12.0. The van der Waals surface area contributed by atoms with Gasteiger partial charge in [-0.2, -0.15) is 0 Å². The molecule has 0 bridgehead atoms. The molecule has 0 aromatic heterocycles. The molecule has 202 valence electrons. The van der Waals surface area contributed by atoms with Crippen LogP contribution in [-0.2, 0) is 32.6 Å². The molecule has 0 aliphatic rings. The molecule has 3 aromatic carbocycles. The van der Waals surface area contributed by atoms with E-state index in [1.54, 1.807) is 25.1 Å². The fourth-order valence-corrected chi connectivity index (χ4v) is 5.36. The van der Waals surface area contributed by atoms with Crippen molar-refractivity contribution in [3.8, 4) is 0 Å². The van der Waals surface area contributed by atoms with Crippen LogP contribution in [0.1, 0.15) is 18.1 Å². The molecule has 0 heterocycles. The van der Waals surface area contributed by atoms with E-state index in [4.69, 9.17) is 23.2 Å². The zero-order chi connectivity index (χ0) is 27.9. The van der Waals surface area contributed by atoms with Gasteiger partial charge in [-0.3, -0.25) is 13.9 Å². The van der Waals surface area contributed by atoms with Gasteiger partial charge in [0.25, 0.3) is 0 Å². The number of anilines is 1. The molecule has 11 heteroatoms. The number of carbonyl (C=O) groups excluding carboxylic acids is 2. The fourth-order valence-electron chi connectivity index (χ4n) is 3.93. The molecule has 0 spiro atoms. The van der Waals surface area contributed by atoms with Crippen molar-refractivity contribution < 1.29 is 22.4 Å². The van der Waals surface area contributed by atoms with Gasteiger partial charge in [-0.25, -0.2) is 12.8 Å². The van der Waals surface area contributed by atoms with Crippen LogP contribution in [0.2, 0.25) is 10.0 Å². The quantitative estimate of drug-likeness (QED) is 0.357. The Hall–Kier alpha value is -3.14. The summed E-state index contributed by atoms with van der Waals surface area (Å²) in [4.78, 5) is 28.3. The van der Waals surface area contributed by atoms with Gasteiger partial charge in [-0.05, 0) is 36.8 Å². The van der Waals surface area contributed by atoms with Crippen LogP contribution in [-0.4, -0.2) is 50.5 Å². The molecule has 7 nitrogen and oxygen atoms in total. The van der Waals surface area contributed by atoms with Crippen LogP contribution in [0.5, 0.6) is 0 Å². The third-order valence-electron chi connectivity index (χ3n) is 5.78. The van der Waals surface area contributed by atoms with Gasteiger partial charge in [0.05, 0.1) is 17.0 Å². The molecule has 0 aliphatic carbocycles. The lowest BCUT2D eigenvalue weighted by Crippen LogP contribution is -2.53. The van der Waals surface area contributed by atoms with E-state index in [-0.39, 0.29) is 29.2 Å². The molecular weight excluding hydrogens is 552 g/mol. The van der Waals surface area contributed by atoms with Crippen molar-refractivity contribution >= 4 is 50.7 Å². The third kappa shape index (κ3) is 7.69. The molecule has 0 saturated carbocycles. The van der Waals surface area contributed by atoms with E-state index >= 15 is 0 Å². The Bertz CT molecular complexity index is 1390. The first-order chi connectivity index (χ1) is 18.0. The van der Waals surface area contributed by atoms with Crippen LogP contribution < -0.4 is 9.62 Å². The summed E-state index contributed by atoms with van der Waals surface area (Å²) in [6.07, 6.45) is 1.07. The molecule has 2 amide bonds. The molecule has 3 rings (SSSR count). The standard InChI is InChI=1S/C27H28Cl2FN3O4S/c1-3-31-27(35)25(15-19-9-5-4-6-10-19)32(17-20-11-7-8-12-23(20)30)26(34)18-33(38(2,36)37)24-14-13-21(28)16-22(24)29/h4-14,16,25H,3,15,17-18H2,1-2H3,(H,31,35)/t25-/m1/s1. The smallest absolute Gasteiger partial charge is 0.244 e. The summed E-state index contributed by atoms with van der Waals surface area (Å²) in [5.74, 6) is -1.71. The molecule has 3 aromatic rings. The number of halogens is 3. The number of benzene rings is 3. The number of likely N-dealkylation sites (N-methyl/N-ethyl adjacent to an activating group) is 1. The van der Waals surface area contributed by atoms with Crippen molar-refractivity contribution in [2.75, 3.05) is 23.7 Å². The molecule has 0 aliphatic heterocycles. The Kier molecular flexibility index (Phi) is 10.1. The van der Waals surface area contributed by atoms with Gasteiger partial charge in [-0.1, -0.05) is 71.7 Å². The van der Waals surface area contributed by atoms with Crippen LogP contribution in [0, 0.1) is 5.82 Å². The Morgan fingerprint density at radius 1 is 1.00 bits per heavy atom. The number of rotatable bonds is 11. The first kappa shape index (κ1) is 29.4. The fraction of sp³-hybridized carbons (Fsp3) is 0.259. The van der Waals surface area contributed by atoms with Crippen molar-refractivity contribution in [2.24, 2.45) is 0 Å². The summed E-state index contributed by atoms with van der Waals surface area (Å²) in [7, 11) is -3.99. The van der Waals surface area contributed by atoms with Crippen LogP contribution in [0.25, 0.3) is 0 Å². The lowest BCUT2D eigenvalue weighted by molar-refractivity contribution is -0.140. The Balaban J connectivity index is 2.07. The highest BCUT2D eigenvalue weighted by molar-refractivity contribution is 7.92. The molecule has 0 unspecified atom stereocenters. The number of nitrogens with one attached hydrogen (secondary N) is 1. The van der Waals surface area contributed by atoms with Gasteiger partial charge in [0.15, 0.2) is 0 Å². The maximum Gasteiger partial charge on any atom is 0.244 e. The lowest BCUT2D eigenvalue weighted by atomic mass is 10.0. The molecule has 1 atom stereocenters. The van der Waals surface area contributed by atoms with Crippen molar-refractivity contribution in [3.63, 3.8) is 0 Å². The number of sulfonamides is 1. The van der Waals surface area contributed by atoms with Gasteiger partial charge in [0, 0.05) is 30.1 Å². The van der Waals surface area contributed by atoms with Gasteiger partial charge in [0.2, 0.25) is 21.8 Å². The Labute approximate surface area is 232 Å². The number of amides is 2. The second-order valence-electron chi connectivity index (χ2n) is 8.58. The monoisotopic (exact) mass is 579 g/mol. The van der Waals surface area contributed by atoms with Crippen molar-refractivity contribution in [1.82, 2.24) is 10.2 Å². The lowest BCUT2D eigenvalue weighted by Gasteiger charge is -2.33. The number of carbonyl (C=O) groups is 2. The van der Waals surface area contributed by atoms with Gasteiger partial charge in [0.1, 0.15) is 18.4 Å². The van der Waals surface area contributed by atoms with Crippen LogP contribution in [0.4, 0.5) is 10.1 Å². The average Bonchev–Trinajstić information content (AvgIpc) is 2.86. The van der Waals surface area contributed by atoms with E-state index < -0.39 is 40.2 Å². The number of hydrogen-bond donors (Lipinski definition) is 1. The molecular formula is C27H28Cl2FN3O4S. The van der Waals surface area contributed by atoms with Crippen LogP contribution in [0.15, 0.2) is 72.8 Å². The van der Waals surface area contributed by atoms with E-state index in [0.717, 1.165) is 16.1 Å². The maximum atomic E-state index is 14.7. The molecule has 0 radical (unpaired) electrons. The van der Waals surface area contributed by atoms with E-state index in [0.29, 0.717) is 11.6 Å². The summed E-state index contributed by atoms with van der Waals surface area (Å²) < 4.78 is 41.1. The SMILES string of the molecule is CCNC(=O)[C@@H](Cc1ccccc1)N(Cc1ccccc1F)C(=O)CN(c1ccc(Cl)cc1Cl)S(C)(=O)=O. The molecule has 0 saturated heterocycles. The highest BCUT2D eigenvalue weighted by Gasteiger charge is 2.33. The second-order valence-corrected chi connectivity index (χ2v) is 11.3. The predicted octanol–water partition coefficient (Wildman–Crippen LogP) is 4.67. The summed E-state index contributed by atoms with van der Waals surface area (Å²) in [5, 5.41) is 3.06. The summed E-state index contributed by atoms with van der Waals surface area (Å²) in [5.41, 5.74) is 1.00. The van der Waals surface area contributed by atoms with Crippen LogP contribution >= 0.6 is 23.2 Å². The first-order valence-corrected chi connectivity index (χ1v) is 14.4. The zero-order valence-electron chi connectivity index (χ0n) is 20.9. The summed E-state index contributed by atoms with van der Waals surface area (Å²) in [6.45, 7) is 1.13. The molecule has 0 fully saturated rings. The summed E-state index contributed by atoms with van der Waals surface area (Å²) >= 11 is 12.2. The topological polar surface area (TPSA) is 86.8 Å². The minimum absolute atomic E-state index is 0.0286. The minimum Gasteiger partial charge on any atom is -0.355 e. The number of nitrogens with zero attached hydrogens (tertiary/aromatic N) is 2. The van der Waals surface area contributed by atoms with Gasteiger partial charge in [-0.15, -0.1) is 0 Å². The molecule has 38 heavy (non-hydrogen) atoms. The first-order valence-electron chi connectivity index (χ1n) is 11.8. The highest BCUT2D eigenvalue weighted by Crippen LogP contribution is 2.30. The average molecular weight is 581 g/mol. The van der Waals surface area contributed by atoms with E-state index in [1.165, 1.54) is 41.3 Å². The minimum atomic E-state index is -3.99. The predicted molar refractivity (Wildman–Crippen MR) is 148 cm³/mol. The Morgan fingerprint density at radius 2 is 1.66 bits per heavy atom. The van der Waals surface area contributed by atoms with Gasteiger partial charge < -0.3 is 10.2 Å². The van der Waals surface area contributed by atoms with E-state index in [9.17, 15) is 22.4 Å². The van der Waals surface area contributed by atoms with Crippen molar-refractivity contribution in [1.29, 1.82) is 0 Å². The van der Waals surface area contributed by atoms with Crippen molar-refractivity contribution in [2.45, 2.75) is 25.9 Å². The maximum absolute atomic E-state index is 14.7. The third-order valence-corrected chi connectivity index (χ3v) is 7.44. The van der Waals surface area contributed by atoms with E-state index in [2.05, 4.69) is 5.32 Å². The highest BCUT2D eigenvalue weighted by atomic mass is 35.5. The Morgan fingerprint density at radius 3 is 2.26 bits per heavy atom. The molecule has 1 N–H and O–H groups in total. The van der Waals surface area contributed by atoms with Crippen molar-refractivity contribution in [3.05, 3.63) is 99.8 Å².